The molecule has 1 heteroatoms. The molecule has 0 bridgehead atoms. The minimum Gasteiger partial charge on any atom is -0.0669 e. The zero-order chi connectivity index (χ0) is 13.3. The normalized spacial score (nSPS) is 17.5. The summed E-state index contributed by atoms with van der Waals surface area (Å²) in [6.45, 7) is 9.30. The Balaban J connectivity index is 2.65. The quantitative estimate of drug-likeness (QED) is 0.620. The van der Waals surface area contributed by atoms with Gasteiger partial charge >= 0.3 is 0 Å². The summed E-state index contributed by atoms with van der Waals surface area (Å²) < 4.78 is 1.20. The SMILES string of the molecule is CCC(CC)=C1CCC(C)(C)c2ccc(Br)cc21. The molecule has 1 aromatic rings. The van der Waals surface area contributed by atoms with Gasteiger partial charge in [0, 0.05) is 4.47 Å². The highest BCUT2D eigenvalue weighted by Crippen LogP contribution is 2.44. The van der Waals surface area contributed by atoms with Crippen molar-refractivity contribution in [1.82, 2.24) is 0 Å². The zero-order valence-corrected chi connectivity index (χ0v) is 13.5. The van der Waals surface area contributed by atoms with Crippen molar-refractivity contribution in [2.24, 2.45) is 0 Å². The van der Waals surface area contributed by atoms with Gasteiger partial charge in [0.15, 0.2) is 0 Å². The van der Waals surface area contributed by atoms with E-state index in [4.69, 9.17) is 0 Å². The third kappa shape index (κ3) is 2.42. The number of allylic oxidation sites excluding steroid dienone is 2. The van der Waals surface area contributed by atoms with Crippen molar-refractivity contribution < 1.29 is 0 Å². The number of hydrogen-bond donors (Lipinski definition) is 0. The van der Waals surface area contributed by atoms with Crippen LogP contribution in [0.4, 0.5) is 0 Å². The van der Waals surface area contributed by atoms with Gasteiger partial charge in [-0.3, -0.25) is 0 Å². The maximum absolute atomic E-state index is 3.63. The van der Waals surface area contributed by atoms with Crippen LogP contribution in [0.2, 0.25) is 0 Å². The Morgan fingerprint density at radius 1 is 1.22 bits per heavy atom. The second kappa shape index (κ2) is 5.21. The Bertz CT molecular complexity index is 474. The van der Waals surface area contributed by atoms with Gasteiger partial charge in [-0.05, 0) is 59.9 Å². The van der Waals surface area contributed by atoms with E-state index in [9.17, 15) is 0 Å². The summed E-state index contributed by atoms with van der Waals surface area (Å²) in [5, 5.41) is 0. The second-order valence-electron chi connectivity index (χ2n) is 5.86. The molecule has 0 saturated carbocycles. The van der Waals surface area contributed by atoms with Gasteiger partial charge in [0.1, 0.15) is 0 Å². The molecule has 98 valence electrons. The molecule has 18 heavy (non-hydrogen) atoms. The van der Waals surface area contributed by atoms with Crippen molar-refractivity contribution in [1.29, 1.82) is 0 Å². The van der Waals surface area contributed by atoms with Gasteiger partial charge in [0.05, 0.1) is 0 Å². The number of rotatable bonds is 2. The van der Waals surface area contributed by atoms with Gasteiger partial charge in [0.2, 0.25) is 0 Å². The number of hydrogen-bond acceptors (Lipinski definition) is 0. The molecule has 0 nitrogen and oxygen atoms in total. The monoisotopic (exact) mass is 306 g/mol. The minimum absolute atomic E-state index is 0.312. The van der Waals surface area contributed by atoms with E-state index < -0.39 is 0 Å². The lowest BCUT2D eigenvalue weighted by Crippen LogP contribution is -2.23. The van der Waals surface area contributed by atoms with Crippen LogP contribution in [-0.2, 0) is 5.41 Å². The van der Waals surface area contributed by atoms with Crippen molar-refractivity contribution in [2.45, 2.75) is 58.8 Å². The predicted molar refractivity (Wildman–Crippen MR) is 83.9 cm³/mol. The largest absolute Gasteiger partial charge is 0.0669 e. The van der Waals surface area contributed by atoms with Crippen LogP contribution in [0.25, 0.3) is 5.57 Å². The first-order valence-electron chi connectivity index (χ1n) is 7.01. The molecule has 0 aromatic heterocycles. The first kappa shape index (κ1) is 13.9. The average Bonchev–Trinajstić information content (AvgIpc) is 2.33. The smallest absolute Gasteiger partial charge is 0.0181 e. The lowest BCUT2D eigenvalue weighted by molar-refractivity contribution is 0.473. The zero-order valence-electron chi connectivity index (χ0n) is 11.9. The Kier molecular flexibility index (Phi) is 4.01. The molecular weight excluding hydrogens is 284 g/mol. The van der Waals surface area contributed by atoms with E-state index in [1.54, 1.807) is 11.1 Å². The summed E-state index contributed by atoms with van der Waals surface area (Å²) in [7, 11) is 0. The van der Waals surface area contributed by atoms with Gasteiger partial charge in [-0.1, -0.05) is 55.3 Å². The van der Waals surface area contributed by atoms with Crippen LogP contribution in [-0.4, -0.2) is 0 Å². The first-order chi connectivity index (χ1) is 8.49. The topological polar surface area (TPSA) is 0 Å². The molecule has 0 aliphatic heterocycles. The Morgan fingerprint density at radius 3 is 2.50 bits per heavy atom. The highest BCUT2D eigenvalue weighted by atomic mass is 79.9. The highest BCUT2D eigenvalue weighted by Gasteiger charge is 2.30. The molecule has 0 radical (unpaired) electrons. The van der Waals surface area contributed by atoms with E-state index in [1.807, 2.05) is 0 Å². The summed E-state index contributed by atoms with van der Waals surface area (Å²) in [5.74, 6) is 0. The van der Waals surface area contributed by atoms with E-state index in [2.05, 4.69) is 61.8 Å². The summed E-state index contributed by atoms with van der Waals surface area (Å²) in [6, 6.07) is 6.81. The van der Waals surface area contributed by atoms with Gasteiger partial charge in [-0.15, -0.1) is 0 Å². The fourth-order valence-corrected chi connectivity index (χ4v) is 3.47. The van der Waals surface area contributed by atoms with E-state index in [-0.39, 0.29) is 0 Å². The van der Waals surface area contributed by atoms with Crippen LogP contribution in [0.5, 0.6) is 0 Å². The molecule has 0 N–H and O–H groups in total. The first-order valence-corrected chi connectivity index (χ1v) is 7.80. The van der Waals surface area contributed by atoms with Crippen LogP contribution >= 0.6 is 15.9 Å². The fourth-order valence-electron chi connectivity index (χ4n) is 3.11. The molecule has 1 aliphatic carbocycles. The van der Waals surface area contributed by atoms with Crippen molar-refractivity contribution >= 4 is 21.5 Å². The number of halogens is 1. The summed E-state index contributed by atoms with van der Waals surface area (Å²) in [6.07, 6.45) is 4.85. The Hall–Kier alpha value is -0.560. The molecule has 0 spiro atoms. The maximum Gasteiger partial charge on any atom is 0.0181 e. The van der Waals surface area contributed by atoms with Crippen LogP contribution in [0.3, 0.4) is 0 Å². The van der Waals surface area contributed by atoms with Crippen molar-refractivity contribution in [3.8, 4) is 0 Å². The molecule has 0 unspecified atom stereocenters. The highest BCUT2D eigenvalue weighted by molar-refractivity contribution is 9.10. The molecule has 0 heterocycles. The lowest BCUT2D eigenvalue weighted by atomic mass is 9.70. The summed E-state index contributed by atoms with van der Waals surface area (Å²) >= 11 is 3.63. The van der Waals surface area contributed by atoms with Gasteiger partial charge in [-0.25, -0.2) is 0 Å². The predicted octanol–water partition coefficient (Wildman–Crippen LogP) is 6.09. The number of fused-ring (bicyclic) bond motifs is 1. The van der Waals surface area contributed by atoms with Crippen LogP contribution in [0.1, 0.15) is 64.5 Å². The van der Waals surface area contributed by atoms with E-state index in [1.165, 1.54) is 41.3 Å². The van der Waals surface area contributed by atoms with Crippen molar-refractivity contribution in [3.63, 3.8) is 0 Å². The fraction of sp³-hybridized carbons (Fsp3) is 0.529. The summed E-state index contributed by atoms with van der Waals surface area (Å²) in [4.78, 5) is 0. The van der Waals surface area contributed by atoms with Crippen molar-refractivity contribution in [2.75, 3.05) is 0 Å². The van der Waals surface area contributed by atoms with E-state index in [0.29, 0.717) is 5.41 Å². The minimum atomic E-state index is 0.312. The van der Waals surface area contributed by atoms with Gasteiger partial charge in [0.25, 0.3) is 0 Å². The Morgan fingerprint density at radius 2 is 1.89 bits per heavy atom. The molecule has 0 fully saturated rings. The van der Waals surface area contributed by atoms with Crippen LogP contribution in [0, 0.1) is 0 Å². The van der Waals surface area contributed by atoms with E-state index in [0.717, 1.165) is 0 Å². The maximum atomic E-state index is 3.63. The molecule has 0 atom stereocenters. The van der Waals surface area contributed by atoms with Gasteiger partial charge < -0.3 is 0 Å². The molecule has 0 amide bonds. The van der Waals surface area contributed by atoms with Gasteiger partial charge in [-0.2, -0.15) is 0 Å². The standard InChI is InChI=1S/C17H23Br/c1-5-12(6-2)14-9-10-17(3,4)16-8-7-13(18)11-15(14)16/h7-8,11H,5-6,9-10H2,1-4H3. The molecule has 2 rings (SSSR count). The number of benzene rings is 1. The lowest BCUT2D eigenvalue weighted by Gasteiger charge is -2.35. The second-order valence-corrected chi connectivity index (χ2v) is 6.78. The summed E-state index contributed by atoms with van der Waals surface area (Å²) in [5.41, 5.74) is 6.55. The van der Waals surface area contributed by atoms with Crippen molar-refractivity contribution in [3.05, 3.63) is 39.4 Å². The van der Waals surface area contributed by atoms with Crippen LogP contribution < -0.4 is 0 Å². The Labute approximate surface area is 120 Å². The van der Waals surface area contributed by atoms with E-state index >= 15 is 0 Å². The third-order valence-corrected chi connectivity index (χ3v) is 4.81. The third-order valence-electron chi connectivity index (χ3n) is 4.32. The molecule has 1 aliphatic rings. The molecule has 1 aromatic carbocycles. The van der Waals surface area contributed by atoms with Crippen LogP contribution in [0.15, 0.2) is 28.2 Å². The average molecular weight is 307 g/mol. The molecular formula is C17H23Br. The molecule has 0 saturated heterocycles.